The minimum atomic E-state index is 0. The summed E-state index contributed by atoms with van der Waals surface area (Å²) in [6.07, 6.45) is 2.36. The summed E-state index contributed by atoms with van der Waals surface area (Å²) in [4.78, 5) is 2.59. The lowest BCUT2D eigenvalue weighted by Crippen LogP contribution is -2.45. The van der Waals surface area contributed by atoms with E-state index in [9.17, 15) is 0 Å². The lowest BCUT2D eigenvalue weighted by molar-refractivity contribution is 0.161. The molecule has 1 aromatic rings. The highest BCUT2D eigenvalue weighted by Crippen LogP contribution is 2.35. The van der Waals surface area contributed by atoms with Gasteiger partial charge in [0.1, 0.15) is 5.75 Å². The molecule has 0 aromatic heterocycles. The molecule has 1 saturated heterocycles. The van der Waals surface area contributed by atoms with Gasteiger partial charge in [0.2, 0.25) is 0 Å². The molecule has 1 atom stereocenters. The van der Waals surface area contributed by atoms with E-state index in [4.69, 9.17) is 4.74 Å². The fraction of sp³-hybridized carbons (Fsp3) is 0.625. The molecule has 0 radical (unpaired) electrons. The predicted octanol–water partition coefficient (Wildman–Crippen LogP) is 4.44. The molecule has 2 rings (SSSR count). The predicted molar refractivity (Wildman–Crippen MR) is 102 cm³/mol. The first-order valence-electron chi connectivity index (χ1n) is 7.63. The molecule has 1 fully saturated rings. The normalized spacial score (nSPS) is 16.3. The third-order valence-corrected chi connectivity index (χ3v) is 4.28. The highest BCUT2D eigenvalue weighted by Gasteiger charge is 2.24. The number of hydrogen-bond acceptors (Lipinski definition) is 3. The zero-order valence-electron chi connectivity index (χ0n) is 13.3. The van der Waals surface area contributed by atoms with Crippen LogP contribution in [0.25, 0.3) is 0 Å². The third kappa shape index (κ3) is 5.89. The Morgan fingerprint density at radius 2 is 1.91 bits per heavy atom. The van der Waals surface area contributed by atoms with E-state index in [1.165, 1.54) is 18.4 Å². The second-order valence-electron chi connectivity index (χ2n) is 5.21. The Labute approximate surface area is 155 Å². The van der Waals surface area contributed by atoms with Crippen LogP contribution in [0.4, 0.5) is 0 Å². The molecule has 0 aliphatic carbocycles. The Kier molecular flexibility index (Phi) is 11.5. The van der Waals surface area contributed by atoms with Crippen molar-refractivity contribution in [3.05, 3.63) is 28.2 Å². The van der Waals surface area contributed by atoms with Crippen LogP contribution in [-0.4, -0.2) is 37.7 Å². The van der Waals surface area contributed by atoms with E-state index < -0.39 is 0 Å². The first-order valence-corrected chi connectivity index (χ1v) is 8.42. The zero-order chi connectivity index (χ0) is 14.4. The van der Waals surface area contributed by atoms with Crippen molar-refractivity contribution in [2.24, 2.45) is 0 Å². The van der Waals surface area contributed by atoms with Crippen LogP contribution in [0.2, 0.25) is 0 Å². The molecule has 0 unspecified atom stereocenters. The van der Waals surface area contributed by atoms with Gasteiger partial charge in [-0.15, -0.1) is 24.8 Å². The van der Waals surface area contributed by atoms with Gasteiger partial charge in [-0.25, -0.2) is 0 Å². The number of halogens is 3. The molecule has 0 saturated carbocycles. The van der Waals surface area contributed by atoms with Crippen molar-refractivity contribution in [3.63, 3.8) is 0 Å². The first-order chi connectivity index (χ1) is 9.76. The summed E-state index contributed by atoms with van der Waals surface area (Å²) >= 11 is 3.60. The van der Waals surface area contributed by atoms with Crippen LogP contribution in [0.1, 0.15) is 38.3 Å². The second-order valence-corrected chi connectivity index (χ2v) is 6.12. The van der Waals surface area contributed by atoms with Gasteiger partial charge in [-0.3, -0.25) is 4.90 Å². The Morgan fingerprint density at radius 1 is 1.23 bits per heavy atom. The molecule has 128 valence electrons. The molecule has 0 amide bonds. The molecule has 1 heterocycles. The number of ether oxygens (including phenoxy) is 1. The number of hydrogen-bond donors (Lipinski definition) is 1. The Balaban J connectivity index is 0.00000220. The largest absolute Gasteiger partial charge is 0.494 e. The monoisotopic (exact) mass is 412 g/mol. The Bertz CT molecular complexity index is 429. The molecule has 6 heteroatoms. The van der Waals surface area contributed by atoms with Crippen LogP contribution in [0, 0.1) is 0 Å². The van der Waals surface area contributed by atoms with E-state index in [1.54, 1.807) is 0 Å². The quantitative estimate of drug-likeness (QED) is 0.745. The maximum absolute atomic E-state index is 5.85. The standard InChI is InChI=1S/C16H25BrN2O.2ClH/c1-3-5-15(19-10-8-18-9-11-19)14-12-13(17)6-7-16(14)20-4-2;;/h6-7,12,15,18H,3-5,8-11H2,1-2H3;2*1H/t15-;;/m1../s1. The second kappa shape index (κ2) is 11.5. The minimum absolute atomic E-state index is 0. The maximum Gasteiger partial charge on any atom is 0.124 e. The van der Waals surface area contributed by atoms with Crippen LogP contribution in [0.5, 0.6) is 5.75 Å². The van der Waals surface area contributed by atoms with E-state index in [0.29, 0.717) is 6.04 Å². The molecule has 0 bridgehead atoms. The van der Waals surface area contributed by atoms with Gasteiger partial charge >= 0.3 is 0 Å². The van der Waals surface area contributed by atoms with Crippen LogP contribution in [0.15, 0.2) is 22.7 Å². The van der Waals surface area contributed by atoms with E-state index in [1.807, 2.05) is 6.92 Å². The molecular weight excluding hydrogens is 387 g/mol. The summed E-state index contributed by atoms with van der Waals surface area (Å²) in [6, 6.07) is 6.84. The Hall–Kier alpha value is -0.000000000000000111. The van der Waals surface area contributed by atoms with Crippen molar-refractivity contribution in [1.82, 2.24) is 10.2 Å². The van der Waals surface area contributed by atoms with Crippen molar-refractivity contribution in [2.75, 3.05) is 32.8 Å². The van der Waals surface area contributed by atoms with Crippen LogP contribution >= 0.6 is 40.7 Å². The van der Waals surface area contributed by atoms with Crippen molar-refractivity contribution in [1.29, 1.82) is 0 Å². The van der Waals surface area contributed by atoms with Gasteiger partial charge in [0, 0.05) is 42.3 Å². The van der Waals surface area contributed by atoms with Crippen LogP contribution in [-0.2, 0) is 0 Å². The van der Waals surface area contributed by atoms with Gasteiger partial charge in [0.25, 0.3) is 0 Å². The zero-order valence-corrected chi connectivity index (χ0v) is 16.5. The number of rotatable bonds is 6. The number of nitrogens with one attached hydrogen (secondary N) is 1. The van der Waals surface area contributed by atoms with Gasteiger partial charge in [-0.1, -0.05) is 29.3 Å². The van der Waals surface area contributed by atoms with Crippen LogP contribution < -0.4 is 10.1 Å². The summed E-state index contributed by atoms with van der Waals surface area (Å²) in [7, 11) is 0. The van der Waals surface area contributed by atoms with Crippen molar-refractivity contribution >= 4 is 40.7 Å². The SMILES string of the molecule is CCC[C@H](c1cc(Br)ccc1OCC)N1CCNCC1.Cl.Cl. The first kappa shape index (κ1) is 22.0. The summed E-state index contributed by atoms with van der Waals surface area (Å²) in [6.45, 7) is 9.41. The van der Waals surface area contributed by atoms with Gasteiger partial charge < -0.3 is 10.1 Å². The average Bonchev–Trinajstić information content (AvgIpc) is 2.48. The van der Waals surface area contributed by atoms with Gasteiger partial charge in [0.15, 0.2) is 0 Å². The van der Waals surface area contributed by atoms with Crippen molar-refractivity contribution in [3.8, 4) is 5.75 Å². The average molecular weight is 414 g/mol. The third-order valence-electron chi connectivity index (χ3n) is 3.79. The lowest BCUT2D eigenvalue weighted by atomic mass is 9.99. The number of piperazine rings is 1. The highest BCUT2D eigenvalue weighted by molar-refractivity contribution is 9.10. The molecule has 1 N–H and O–H groups in total. The van der Waals surface area contributed by atoms with Crippen molar-refractivity contribution < 1.29 is 4.74 Å². The number of benzene rings is 1. The Morgan fingerprint density at radius 3 is 2.50 bits per heavy atom. The van der Waals surface area contributed by atoms with E-state index in [2.05, 4.69) is 51.3 Å². The molecular formula is C16H27BrCl2N2O. The molecule has 1 aliphatic heterocycles. The number of nitrogens with zero attached hydrogens (tertiary/aromatic N) is 1. The molecule has 3 nitrogen and oxygen atoms in total. The topological polar surface area (TPSA) is 24.5 Å². The lowest BCUT2D eigenvalue weighted by Gasteiger charge is -2.36. The highest BCUT2D eigenvalue weighted by atomic mass is 79.9. The van der Waals surface area contributed by atoms with E-state index in [-0.39, 0.29) is 24.8 Å². The molecule has 1 aliphatic rings. The summed E-state index contributed by atoms with van der Waals surface area (Å²) < 4.78 is 6.98. The maximum atomic E-state index is 5.85. The van der Waals surface area contributed by atoms with E-state index >= 15 is 0 Å². The summed E-state index contributed by atoms with van der Waals surface area (Å²) in [5, 5.41) is 3.43. The fourth-order valence-corrected chi connectivity index (χ4v) is 3.25. The van der Waals surface area contributed by atoms with Gasteiger partial charge in [-0.2, -0.15) is 0 Å². The van der Waals surface area contributed by atoms with E-state index in [0.717, 1.165) is 43.0 Å². The van der Waals surface area contributed by atoms with Crippen molar-refractivity contribution in [2.45, 2.75) is 32.7 Å². The van der Waals surface area contributed by atoms with Crippen LogP contribution in [0.3, 0.4) is 0 Å². The smallest absolute Gasteiger partial charge is 0.124 e. The summed E-state index contributed by atoms with van der Waals surface area (Å²) in [5.41, 5.74) is 1.32. The molecule has 1 aromatic carbocycles. The van der Waals surface area contributed by atoms with Gasteiger partial charge in [-0.05, 0) is 31.5 Å². The summed E-state index contributed by atoms with van der Waals surface area (Å²) in [5.74, 6) is 1.03. The molecule has 0 spiro atoms. The van der Waals surface area contributed by atoms with Gasteiger partial charge in [0.05, 0.1) is 6.61 Å². The molecule has 22 heavy (non-hydrogen) atoms. The fourth-order valence-electron chi connectivity index (χ4n) is 2.87. The minimum Gasteiger partial charge on any atom is -0.494 e.